The lowest BCUT2D eigenvalue weighted by Crippen LogP contribution is -2.30. The standard InChI is InChI=1S/C14H22N2O3S/c1-10(2)14(17)16-13-7-5-12(6-8-13)9-15-20(18,19)11(3)4/h5-8,10-11,15H,9H2,1-4H3,(H,16,17). The van der Waals surface area contributed by atoms with Crippen molar-refractivity contribution in [2.75, 3.05) is 5.32 Å². The molecule has 0 aromatic heterocycles. The molecule has 0 aliphatic heterocycles. The van der Waals surface area contributed by atoms with Gasteiger partial charge in [0.1, 0.15) is 0 Å². The van der Waals surface area contributed by atoms with Crippen LogP contribution in [0.15, 0.2) is 24.3 Å². The summed E-state index contributed by atoms with van der Waals surface area (Å²) in [6.07, 6.45) is 0. The van der Waals surface area contributed by atoms with Gasteiger partial charge < -0.3 is 5.32 Å². The van der Waals surface area contributed by atoms with Gasteiger partial charge >= 0.3 is 0 Å². The molecule has 0 spiro atoms. The topological polar surface area (TPSA) is 75.3 Å². The summed E-state index contributed by atoms with van der Waals surface area (Å²) in [7, 11) is -3.26. The highest BCUT2D eigenvalue weighted by molar-refractivity contribution is 7.90. The van der Waals surface area contributed by atoms with Crippen LogP contribution in [-0.4, -0.2) is 19.6 Å². The van der Waals surface area contributed by atoms with Gasteiger partial charge in [0.15, 0.2) is 0 Å². The molecule has 112 valence electrons. The Morgan fingerprint density at radius 2 is 1.65 bits per heavy atom. The van der Waals surface area contributed by atoms with E-state index in [9.17, 15) is 13.2 Å². The highest BCUT2D eigenvalue weighted by atomic mass is 32.2. The number of anilines is 1. The minimum Gasteiger partial charge on any atom is -0.326 e. The Labute approximate surface area is 120 Å². The van der Waals surface area contributed by atoms with Crippen LogP contribution in [0.5, 0.6) is 0 Å². The van der Waals surface area contributed by atoms with Crippen LogP contribution in [0.1, 0.15) is 33.3 Å². The van der Waals surface area contributed by atoms with E-state index in [0.29, 0.717) is 5.69 Å². The predicted molar refractivity (Wildman–Crippen MR) is 80.8 cm³/mol. The zero-order chi connectivity index (χ0) is 15.3. The third-order valence-electron chi connectivity index (χ3n) is 2.84. The normalized spacial score (nSPS) is 11.9. The molecule has 2 N–H and O–H groups in total. The van der Waals surface area contributed by atoms with Gasteiger partial charge in [-0.15, -0.1) is 0 Å². The molecule has 0 radical (unpaired) electrons. The molecular weight excluding hydrogens is 276 g/mol. The van der Waals surface area contributed by atoms with Gasteiger partial charge in [0.2, 0.25) is 15.9 Å². The molecule has 20 heavy (non-hydrogen) atoms. The van der Waals surface area contributed by atoms with Gasteiger partial charge in [-0.25, -0.2) is 13.1 Å². The van der Waals surface area contributed by atoms with Gasteiger partial charge in [0.25, 0.3) is 0 Å². The predicted octanol–water partition coefficient (Wildman–Crippen LogP) is 2.11. The maximum absolute atomic E-state index is 11.6. The number of sulfonamides is 1. The van der Waals surface area contributed by atoms with Crippen LogP contribution >= 0.6 is 0 Å². The minimum absolute atomic E-state index is 0.0433. The third-order valence-corrected chi connectivity index (χ3v) is 4.63. The van der Waals surface area contributed by atoms with Crippen molar-refractivity contribution < 1.29 is 13.2 Å². The Kier molecular flexibility index (Phi) is 5.71. The van der Waals surface area contributed by atoms with E-state index >= 15 is 0 Å². The first kappa shape index (κ1) is 16.7. The van der Waals surface area contributed by atoms with Crippen LogP contribution in [-0.2, 0) is 21.4 Å². The lowest BCUT2D eigenvalue weighted by atomic mass is 10.2. The summed E-state index contributed by atoms with van der Waals surface area (Å²) >= 11 is 0. The van der Waals surface area contributed by atoms with Gasteiger partial charge in [0.05, 0.1) is 5.25 Å². The summed E-state index contributed by atoms with van der Waals surface area (Å²) < 4.78 is 25.8. The zero-order valence-corrected chi connectivity index (χ0v) is 13.1. The minimum atomic E-state index is -3.26. The van der Waals surface area contributed by atoms with Crippen molar-refractivity contribution in [2.45, 2.75) is 39.5 Å². The van der Waals surface area contributed by atoms with E-state index < -0.39 is 15.3 Å². The molecular formula is C14H22N2O3S. The molecule has 0 atom stereocenters. The van der Waals surface area contributed by atoms with Crippen LogP contribution in [0.3, 0.4) is 0 Å². The van der Waals surface area contributed by atoms with Crippen molar-refractivity contribution in [3.8, 4) is 0 Å². The summed E-state index contributed by atoms with van der Waals surface area (Å²) in [6.45, 7) is 7.16. The largest absolute Gasteiger partial charge is 0.326 e. The molecule has 0 heterocycles. The fourth-order valence-corrected chi connectivity index (χ4v) is 2.04. The van der Waals surface area contributed by atoms with Crippen molar-refractivity contribution in [3.05, 3.63) is 29.8 Å². The molecule has 5 nitrogen and oxygen atoms in total. The SMILES string of the molecule is CC(C)C(=O)Nc1ccc(CNS(=O)(=O)C(C)C)cc1. The lowest BCUT2D eigenvalue weighted by Gasteiger charge is -2.11. The summed E-state index contributed by atoms with van der Waals surface area (Å²) in [5.74, 6) is -0.120. The fraction of sp³-hybridized carbons (Fsp3) is 0.500. The Morgan fingerprint density at radius 3 is 2.10 bits per heavy atom. The number of benzene rings is 1. The molecule has 1 aromatic rings. The number of hydrogen-bond donors (Lipinski definition) is 2. The number of rotatable bonds is 6. The number of carbonyl (C=O) groups is 1. The number of hydrogen-bond acceptors (Lipinski definition) is 3. The zero-order valence-electron chi connectivity index (χ0n) is 12.3. The van der Waals surface area contributed by atoms with Gasteiger partial charge in [-0.1, -0.05) is 26.0 Å². The lowest BCUT2D eigenvalue weighted by molar-refractivity contribution is -0.118. The molecule has 0 aliphatic carbocycles. The van der Waals surface area contributed by atoms with E-state index in [0.717, 1.165) is 5.56 Å². The average molecular weight is 298 g/mol. The van der Waals surface area contributed by atoms with Crippen LogP contribution < -0.4 is 10.0 Å². The van der Waals surface area contributed by atoms with Gasteiger partial charge in [-0.3, -0.25) is 4.79 Å². The van der Waals surface area contributed by atoms with Crippen LogP contribution in [0.4, 0.5) is 5.69 Å². The van der Waals surface area contributed by atoms with Crippen molar-refractivity contribution in [2.24, 2.45) is 5.92 Å². The van der Waals surface area contributed by atoms with E-state index in [4.69, 9.17) is 0 Å². The molecule has 1 rings (SSSR count). The molecule has 0 saturated heterocycles. The Balaban J connectivity index is 2.62. The van der Waals surface area contributed by atoms with Crippen molar-refractivity contribution in [3.63, 3.8) is 0 Å². The molecule has 0 aliphatic rings. The van der Waals surface area contributed by atoms with Gasteiger partial charge in [-0.05, 0) is 31.5 Å². The first-order chi connectivity index (χ1) is 9.22. The summed E-state index contributed by atoms with van der Waals surface area (Å²) in [5, 5.41) is 2.33. The molecule has 0 fully saturated rings. The third kappa shape index (κ3) is 4.94. The Morgan fingerprint density at radius 1 is 1.10 bits per heavy atom. The molecule has 1 aromatic carbocycles. The number of nitrogens with one attached hydrogen (secondary N) is 2. The fourth-order valence-electron chi connectivity index (χ4n) is 1.34. The molecule has 0 bridgehead atoms. The highest BCUT2D eigenvalue weighted by Crippen LogP contribution is 2.11. The van der Waals surface area contributed by atoms with E-state index in [1.165, 1.54) is 0 Å². The maximum Gasteiger partial charge on any atom is 0.226 e. The van der Waals surface area contributed by atoms with Gasteiger partial charge in [-0.2, -0.15) is 0 Å². The molecule has 6 heteroatoms. The van der Waals surface area contributed by atoms with E-state index in [1.54, 1.807) is 38.1 Å². The second-order valence-corrected chi connectivity index (χ2v) is 7.58. The average Bonchev–Trinajstić information content (AvgIpc) is 2.37. The van der Waals surface area contributed by atoms with Crippen molar-refractivity contribution in [1.29, 1.82) is 0 Å². The summed E-state index contributed by atoms with van der Waals surface area (Å²) in [5.41, 5.74) is 1.55. The quantitative estimate of drug-likeness (QED) is 0.844. The number of carbonyl (C=O) groups excluding carboxylic acids is 1. The number of amides is 1. The Bertz CT molecular complexity index is 548. The van der Waals surface area contributed by atoms with Crippen LogP contribution in [0, 0.1) is 5.92 Å². The van der Waals surface area contributed by atoms with E-state index in [1.807, 2.05) is 13.8 Å². The second-order valence-electron chi connectivity index (χ2n) is 5.26. The first-order valence-corrected chi connectivity index (χ1v) is 8.15. The van der Waals surface area contributed by atoms with Crippen LogP contribution in [0.25, 0.3) is 0 Å². The molecule has 0 saturated carbocycles. The molecule has 0 unspecified atom stereocenters. The first-order valence-electron chi connectivity index (χ1n) is 6.60. The monoisotopic (exact) mass is 298 g/mol. The van der Waals surface area contributed by atoms with Crippen LogP contribution in [0.2, 0.25) is 0 Å². The smallest absolute Gasteiger partial charge is 0.226 e. The summed E-state index contributed by atoms with van der Waals surface area (Å²) in [4.78, 5) is 11.5. The van der Waals surface area contributed by atoms with E-state index in [-0.39, 0.29) is 18.4 Å². The molecule has 1 amide bonds. The van der Waals surface area contributed by atoms with Crippen molar-refractivity contribution >= 4 is 21.6 Å². The maximum atomic E-state index is 11.6. The Hall–Kier alpha value is -1.40. The summed E-state index contributed by atoms with van der Waals surface area (Å²) in [6, 6.07) is 7.11. The van der Waals surface area contributed by atoms with E-state index in [2.05, 4.69) is 10.0 Å². The second kappa shape index (κ2) is 6.85. The highest BCUT2D eigenvalue weighted by Gasteiger charge is 2.14. The van der Waals surface area contributed by atoms with Gasteiger partial charge in [0, 0.05) is 18.2 Å². The van der Waals surface area contributed by atoms with Crippen molar-refractivity contribution in [1.82, 2.24) is 4.72 Å².